The van der Waals surface area contributed by atoms with Gasteiger partial charge in [0.15, 0.2) is 5.58 Å². The van der Waals surface area contributed by atoms with Crippen molar-refractivity contribution in [3.05, 3.63) is 109 Å². The van der Waals surface area contributed by atoms with Gasteiger partial charge in [0.25, 0.3) is 0 Å². The summed E-state index contributed by atoms with van der Waals surface area (Å²) in [6.45, 7) is -0.124. The molecule has 180 valence electrons. The van der Waals surface area contributed by atoms with Crippen molar-refractivity contribution in [3.8, 4) is 5.88 Å². The number of fused-ring (bicyclic) bond motifs is 12. The SMILES string of the molecule is c1ccc(N2c3ccc4c5ccccc5n5c4c3B(c3oc4ccccc4c32)c2c-5oc3cnccc23)cc1. The molecule has 0 bridgehead atoms. The largest absolute Gasteiger partial charge is 0.468 e. The van der Waals surface area contributed by atoms with Crippen LogP contribution in [0.3, 0.4) is 0 Å². The summed E-state index contributed by atoms with van der Waals surface area (Å²) < 4.78 is 15.8. The van der Waals surface area contributed by atoms with Crippen LogP contribution in [0.25, 0.3) is 49.6 Å². The van der Waals surface area contributed by atoms with Gasteiger partial charge >= 0.3 is 6.71 Å². The molecule has 0 aliphatic carbocycles. The molecule has 0 atom stereocenters. The number of anilines is 3. The Kier molecular flexibility index (Phi) is 3.46. The zero-order chi connectivity index (χ0) is 25.2. The normalized spacial score (nSPS) is 13.5. The molecular weight excluding hydrogens is 481 g/mol. The van der Waals surface area contributed by atoms with Crippen molar-refractivity contribution in [1.29, 1.82) is 0 Å². The number of para-hydroxylation sites is 3. The molecule has 0 spiro atoms. The lowest BCUT2D eigenvalue weighted by atomic mass is 9.36. The molecule has 2 aliphatic heterocycles. The molecule has 0 saturated heterocycles. The molecule has 4 aromatic heterocycles. The Hall–Kier alpha value is -5.23. The van der Waals surface area contributed by atoms with Gasteiger partial charge in [0, 0.05) is 44.6 Å². The lowest BCUT2D eigenvalue weighted by molar-refractivity contribution is 0.590. The molecule has 0 unspecified atom stereocenters. The number of benzene rings is 4. The van der Waals surface area contributed by atoms with Gasteiger partial charge in [-0.15, -0.1) is 0 Å². The van der Waals surface area contributed by atoms with Crippen LogP contribution in [0.4, 0.5) is 17.1 Å². The molecule has 0 amide bonds. The molecular formula is C33H18BN3O2. The molecule has 6 heteroatoms. The monoisotopic (exact) mass is 499 g/mol. The summed E-state index contributed by atoms with van der Waals surface area (Å²) in [7, 11) is 0. The Morgan fingerprint density at radius 1 is 0.641 bits per heavy atom. The second-order valence-electron chi connectivity index (χ2n) is 10.4. The predicted octanol–water partition coefficient (Wildman–Crippen LogP) is 6.28. The molecule has 0 fully saturated rings. The van der Waals surface area contributed by atoms with E-state index in [-0.39, 0.29) is 6.71 Å². The number of nitrogens with zero attached hydrogens (tertiary/aromatic N) is 3. The number of aromatic nitrogens is 2. The summed E-state index contributed by atoms with van der Waals surface area (Å²) in [6.07, 6.45) is 3.67. The van der Waals surface area contributed by atoms with Crippen molar-refractivity contribution >= 4 is 84.1 Å². The third-order valence-corrected chi connectivity index (χ3v) is 8.48. The van der Waals surface area contributed by atoms with Gasteiger partial charge < -0.3 is 13.7 Å². The van der Waals surface area contributed by atoms with Crippen LogP contribution in [0.2, 0.25) is 0 Å². The predicted molar refractivity (Wildman–Crippen MR) is 157 cm³/mol. The Morgan fingerprint density at radius 3 is 2.38 bits per heavy atom. The quantitative estimate of drug-likeness (QED) is 0.249. The highest BCUT2D eigenvalue weighted by Crippen LogP contribution is 2.45. The van der Waals surface area contributed by atoms with Crippen LogP contribution in [0.1, 0.15) is 0 Å². The topological polar surface area (TPSA) is 47.3 Å². The first kappa shape index (κ1) is 19.8. The summed E-state index contributed by atoms with van der Waals surface area (Å²) in [5.74, 6) is 0.846. The maximum absolute atomic E-state index is 6.82. The minimum absolute atomic E-state index is 0.124. The lowest BCUT2D eigenvalue weighted by Gasteiger charge is -2.36. The summed E-state index contributed by atoms with van der Waals surface area (Å²) >= 11 is 0. The smallest absolute Gasteiger partial charge is 0.302 e. The van der Waals surface area contributed by atoms with E-state index in [4.69, 9.17) is 8.83 Å². The summed E-state index contributed by atoms with van der Waals surface area (Å²) in [6, 6.07) is 34.2. The van der Waals surface area contributed by atoms with E-state index in [1.54, 1.807) is 0 Å². The van der Waals surface area contributed by atoms with Gasteiger partial charge in [0.1, 0.15) is 5.58 Å². The average molecular weight is 499 g/mol. The molecule has 0 saturated carbocycles. The minimum Gasteiger partial charge on any atom is -0.468 e. The van der Waals surface area contributed by atoms with E-state index < -0.39 is 0 Å². The molecule has 6 heterocycles. The van der Waals surface area contributed by atoms with E-state index in [1.165, 1.54) is 21.8 Å². The number of pyridine rings is 1. The van der Waals surface area contributed by atoms with Crippen LogP contribution in [0, 0.1) is 0 Å². The van der Waals surface area contributed by atoms with E-state index >= 15 is 0 Å². The van der Waals surface area contributed by atoms with E-state index in [2.05, 4.69) is 105 Å². The Labute approximate surface area is 222 Å². The van der Waals surface area contributed by atoms with E-state index in [0.717, 1.165) is 61.5 Å². The number of hydrogen-bond donors (Lipinski definition) is 0. The van der Waals surface area contributed by atoms with Crippen molar-refractivity contribution < 1.29 is 8.83 Å². The Bertz CT molecular complexity index is 2310. The fraction of sp³-hybridized carbons (Fsp3) is 0. The van der Waals surface area contributed by atoms with E-state index in [1.807, 2.05) is 18.5 Å². The zero-order valence-corrected chi connectivity index (χ0v) is 20.6. The number of furan rings is 2. The van der Waals surface area contributed by atoms with Crippen molar-refractivity contribution in [2.24, 2.45) is 0 Å². The highest BCUT2D eigenvalue weighted by molar-refractivity contribution is 7.01. The highest BCUT2D eigenvalue weighted by Gasteiger charge is 2.47. The third-order valence-electron chi connectivity index (χ3n) is 8.48. The minimum atomic E-state index is -0.124. The maximum Gasteiger partial charge on any atom is 0.302 e. The molecule has 2 aliphatic rings. The lowest BCUT2D eigenvalue weighted by Crippen LogP contribution is -2.59. The third kappa shape index (κ3) is 2.28. The molecule has 0 N–H and O–H groups in total. The van der Waals surface area contributed by atoms with Crippen molar-refractivity contribution in [3.63, 3.8) is 0 Å². The highest BCUT2D eigenvalue weighted by atomic mass is 16.4. The fourth-order valence-electron chi connectivity index (χ4n) is 7.02. The van der Waals surface area contributed by atoms with Gasteiger partial charge in [-0.2, -0.15) is 0 Å². The van der Waals surface area contributed by atoms with Crippen LogP contribution in [0.5, 0.6) is 0 Å². The van der Waals surface area contributed by atoms with Crippen LogP contribution in [0.15, 0.2) is 118 Å². The van der Waals surface area contributed by atoms with Crippen LogP contribution >= 0.6 is 0 Å². The van der Waals surface area contributed by atoms with Crippen LogP contribution in [-0.2, 0) is 0 Å². The van der Waals surface area contributed by atoms with Gasteiger partial charge in [-0.3, -0.25) is 9.55 Å². The summed E-state index contributed by atoms with van der Waals surface area (Å²) in [4.78, 5) is 6.76. The second kappa shape index (κ2) is 6.80. The van der Waals surface area contributed by atoms with Gasteiger partial charge in [-0.05, 0) is 47.9 Å². The average Bonchev–Trinajstić information content (AvgIpc) is 3.67. The van der Waals surface area contributed by atoms with Gasteiger partial charge in [-0.1, -0.05) is 54.6 Å². The van der Waals surface area contributed by atoms with Crippen molar-refractivity contribution in [2.75, 3.05) is 4.90 Å². The standard InChI is InChI=1S/C33H18BN3O2/c1-2-8-19(9-3-1)36-25-15-14-21-20-10-4-6-12-24(20)37-30(21)29(25)34(28-22-16-17-35-18-27(22)39-33(28)37)32-31(36)23-11-5-7-13-26(23)38-32/h1-18H. The van der Waals surface area contributed by atoms with Crippen molar-refractivity contribution in [1.82, 2.24) is 9.55 Å². The molecule has 39 heavy (non-hydrogen) atoms. The Balaban J connectivity index is 1.47. The van der Waals surface area contributed by atoms with Gasteiger partial charge in [-0.25, -0.2) is 0 Å². The second-order valence-corrected chi connectivity index (χ2v) is 10.4. The molecule has 5 nitrogen and oxygen atoms in total. The summed E-state index contributed by atoms with van der Waals surface area (Å²) in [5.41, 5.74) is 10.6. The number of rotatable bonds is 1. The zero-order valence-electron chi connectivity index (χ0n) is 20.6. The molecule has 10 rings (SSSR count). The fourth-order valence-corrected chi connectivity index (χ4v) is 7.02. The Morgan fingerprint density at radius 2 is 1.46 bits per heavy atom. The van der Waals surface area contributed by atoms with Crippen molar-refractivity contribution in [2.45, 2.75) is 0 Å². The number of hydrogen-bond acceptors (Lipinski definition) is 4. The van der Waals surface area contributed by atoms with E-state index in [9.17, 15) is 0 Å². The first-order valence-corrected chi connectivity index (χ1v) is 13.2. The first-order chi connectivity index (χ1) is 19.4. The maximum atomic E-state index is 6.82. The van der Waals surface area contributed by atoms with Crippen LogP contribution in [-0.4, -0.2) is 16.3 Å². The molecule has 8 aromatic rings. The van der Waals surface area contributed by atoms with Gasteiger partial charge in [0.2, 0.25) is 5.88 Å². The molecule has 4 aromatic carbocycles. The first-order valence-electron chi connectivity index (χ1n) is 13.2. The van der Waals surface area contributed by atoms with Crippen LogP contribution < -0.4 is 21.5 Å². The van der Waals surface area contributed by atoms with Gasteiger partial charge in [0.05, 0.1) is 28.6 Å². The summed E-state index contributed by atoms with van der Waals surface area (Å²) in [5, 5.41) is 4.59. The molecule has 0 radical (unpaired) electrons. The van der Waals surface area contributed by atoms with E-state index in [0.29, 0.717) is 0 Å².